The first-order valence-corrected chi connectivity index (χ1v) is 11.4. The average molecular weight is 429 g/mol. The number of piperazine rings is 1. The predicted molar refractivity (Wildman–Crippen MR) is 111 cm³/mol. The van der Waals surface area contributed by atoms with Crippen LogP contribution in [-0.4, -0.2) is 59.2 Å². The lowest BCUT2D eigenvalue weighted by Crippen LogP contribution is -2.55. The van der Waals surface area contributed by atoms with Crippen molar-refractivity contribution in [3.05, 3.63) is 66.6 Å². The van der Waals surface area contributed by atoms with Crippen molar-refractivity contribution in [1.82, 2.24) is 19.2 Å². The second-order valence-corrected chi connectivity index (χ2v) is 10.00. The van der Waals surface area contributed by atoms with Gasteiger partial charge in [-0.1, -0.05) is 18.2 Å². The maximum Gasteiger partial charge on any atom is 0.253 e. The lowest BCUT2D eigenvalue weighted by Gasteiger charge is -2.38. The number of hydrogen-bond acceptors (Lipinski definition) is 6. The smallest absolute Gasteiger partial charge is 0.253 e. The summed E-state index contributed by atoms with van der Waals surface area (Å²) in [5.41, 5.74) is 1.31. The molecule has 1 saturated heterocycles. The van der Waals surface area contributed by atoms with E-state index in [1.165, 1.54) is 22.0 Å². The van der Waals surface area contributed by atoms with Crippen molar-refractivity contribution >= 4 is 27.3 Å². The Morgan fingerprint density at radius 2 is 1.90 bits per heavy atom. The van der Waals surface area contributed by atoms with Crippen LogP contribution in [-0.2, 0) is 10.0 Å². The van der Waals surface area contributed by atoms with Gasteiger partial charge in [0.1, 0.15) is 10.5 Å². The van der Waals surface area contributed by atoms with Crippen molar-refractivity contribution in [2.45, 2.75) is 17.2 Å². The Morgan fingerprint density at radius 3 is 2.59 bits per heavy atom. The van der Waals surface area contributed by atoms with Crippen LogP contribution in [0.25, 0.3) is 10.6 Å². The van der Waals surface area contributed by atoms with Crippen LogP contribution in [0.1, 0.15) is 17.3 Å². The SMILES string of the molecule is CC1CN(C(=O)c2ccccc2)CCN1S(=O)(=O)c1ccc(-c2ccncn2)s1. The van der Waals surface area contributed by atoms with E-state index < -0.39 is 10.0 Å². The molecule has 29 heavy (non-hydrogen) atoms. The summed E-state index contributed by atoms with van der Waals surface area (Å²) in [6, 6.07) is 13.9. The topological polar surface area (TPSA) is 83.5 Å². The van der Waals surface area contributed by atoms with Gasteiger partial charge in [0.15, 0.2) is 0 Å². The highest BCUT2D eigenvalue weighted by Crippen LogP contribution is 2.32. The molecule has 3 aromatic rings. The van der Waals surface area contributed by atoms with Crippen molar-refractivity contribution in [3.63, 3.8) is 0 Å². The number of sulfonamides is 1. The predicted octanol–water partition coefficient (Wildman–Crippen LogP) is 2.74. The summed E-state index contributed by atoms with van der Waals surface area (Å²) in [7, 11) is -3.64. The van der Waals surface area contributed by atoms with E-state index in [2.05, 4.69) is 9.97 Å². The first-order chi connectivity index (χ1) is 14.0. The van der Waals surface area contributed by atoms with Gasteiger partial charge in [0.05, 0.1) is 10.6 Å². The van der Waals surface area contributed by atoms with Crippen molar-refractivity contribution in [1.29, 1.82) is 0 Å². The van der Waals surface area contributed by atoms with Gasteiger partial charge >= 0.3 is 0 Å². The molecule has 0 bridgehead atoms. The monoisotopic (exact) mass is 428 g/mol. The maximum absolute atomic E-state index is 13.2. The van der Waals surface area contributed by atoms with Gasteiger partial charge in [-0.05, 0) is 37.3 Å². The number of rotatable bonds is 4. The molecular formula is C20H20N4O3S2. The molecule has 1 atom stereocenters. The molecule has 7 nitrogen and oxygen atoms in total. The summed E-state index contributed by atoms with van der Waals surface area (Å²) in [5, 5.41) is 0. The molecule has 0 radical (unpaired) electrons. The van der Waals surface area contributed by atoms with Crippen LogP contribution in [0, 0.1) is 0 Å². The molecule has 1 amide bonds. The summed E-state index contributed by atoms with van der Waals surface area (Å²) in [6.45, 7) is 2.82. The number of thiophene rings is 1. The molecule has 0 spiro atoms. The molecule has 0 aliphatic carbocycles. The molecule has 2 aromatic heterocycles. The normalized spacial score (nSPS) is 18.0. The minimum atomic E-state index is -3.64. The average Bonchev–Trinajstić information content (AvgIpc) is 3.25. The van der Waals surface area contributed by atoms with Gasteiger partial charge < -0.3 is 4.90 Å². The van der Waals surface area contributed by atoms with E-state index in [4.69, 9.17) is 0 Å². The first kappa shape index (κ1) is 19.7. The van der Waals surface area contributed by atoms with Crippen molar-refractivity contribution in [2.75, 3.05) is 19.6 Å². The molecule has 150 valence electrons. The van der Waals surface area contributed by atoms with Crippen molar-refractivity contribution < 1.29 is 13.2 Å². The van der Waals surface area contributed by atoms with Crippen LogP contribution >= 0.6 is 11.3 Å². The van der Waals surface area contributed by atoms with Crippen LogP contribution < -0.4 is 0 Å². The molecule has 9 heteroatoms. The Morgan fingerprint density at radius 1 is 1.10 bits per heavy atom. The third kappa shape index (κ3) is 3.93. The van der Waals surface area contributed by atoms with E-state index in [1.54, 1.807) is 41.4 Å². The molecule has 1 fully saturated rings. The van der Waals surface area contributed by atoms with Gasteiger partial charge in [0, 0.05) is 37.4 Å². The second-order valence-electron chi connectivity index (χ2n) is 6.80. The van der Waals surface area contributed by atoms with E-state index in [1.807, 2.05) is 25.1 Å². The zero-order valence-electron chi connectivity index (χ0n) is 15.8. The van der Waals surface area contributed by atoms with Crippen LogP contribution in [0.2, 0.25) is 0 Å². The third-order valence-electron chi connectivity index (χ3n) is 4.85. The third-order valence-corrected chi connectivity index (χ3v) is 8.44. The fourth-order valence-corrected chi connectivity index (χ4v) is 6.42. The number of benzene rings is 1. The Bertz CT molecular complexity index is 1100. The lowest BCUT2D eigenvalue weighted by molar-refractivity contribution is 0.0642. The molecule has 1 unspecified atom stereocenters. The quantitative estimate of drug-likeness (QED) is 0.638. The highest BCUT2D eigenvalue weighted by Gasteiger charge is 2.36. The summed E-state index contributed by atoms with van der Waals surface area (Å²) in [6.07, 6.45) is 3.07. The van der Waals surface area contributed by atoms with Gasteiger partial charge in [0.25, 0.3) is 15.9 Å². The standard InChI is InChI=1S/C20H20N4O3S2/c1-15-13-23(20(25)16-5-3-2-4-6-16)11-12-24(15)29(26,27)19-8-7-18(28-19)17-9-10-21-14-22-17/h2-10,14-15H,11-13H2,1H3. The van der Waals surface area contributed by atoms with E-state index in [0.717, 1.165) is 4.88 Å². The van der Waals surface area contributed by atoms with E-state index in [0.29, 0.717) is 24.3 Å². The Labute approximate surface area is 173 Å². The molecule has 1 aliphatic heterocycles. The van der Waals surface area contributed by atoms with E-state index >= 15 is 0 Å². The summed E-state index contributed by atoms with van der Waals surface area (Å²) in [4.78, 5) is 23.2. The van der Waals surface area contributed by atoms with Gasteiger partial charge in [-0.2, -0.15) is 4.31 Å². The number of aromatic nitrogens is 2. The number of nitrogens with zero attached hydrogens (tertiary/aromatic N) is 4. The summed E-state index contributed by atoms with van der Waals surface area (Å²) in [5.74, 6) is -0.0725. The summed E-state index contributed by atoms with van der Waals surface area (Å²) >= 11 is 1.19. The highest BCUT2D eigenvalue weighted by molar-refractivity contribution is 7.91. The zero-order chi connectivity index (χ0) is 20.4. The van der Waals surface area contributed by atoms with Crippen LogP contribution in [0.5, 0.6) is 0 Å². The van der Waals surface area contributed by atoms with Crippen LogP contribution in [0.3, 0.4) is 0 Å². The fraction of sp³-hybridized carbons (Fsp3) is 0.250. The van der Waals surface area contributed by atoms with Gasteiger partial charge in [0.2, 0.25) is 0 Å². The molecular weight excluding hydrogens is 408 g/mol. The maximum atomic E-state index is 13.2. The Kier molecular flexibility index (Phi) is 5.44. The van der Waals surface area contributed by atoms with Crippen LogP contribution in [0.4, 0.5) is 0 Å². The zero-order valence-corrected chi connectivity index (χ0v) is 17.4. The van der Waals surface area contributed by atoms with E-state index in [9.17, 15) is 13.2 Å². The molecule has 3 heterocycles. The number of amides is 1. The molecule has 1 aromatic carbocycles. The Balaban J connectivity index is 1.51. The van der Waals surface area contributed by atoms with Crippen molar-refractivity contribution in [3.8, 4) is 10.6 Å². The molecule has 0 N–H and O–H groups in total. The lowest BCUT2D eigenvalue weighted by atomic mass is 10.1. The van der Waals surface area contributed by atoms with Crippen LogP contribution in [0.15, 0.2) is 65.3 Å². The second kappa shape index (κ2) is 8.02. The van der Waals surface area contributed by atoms with Crippen molar-refractivity contribution in [2.24, 2.45) is 0 Å². The van der Waals surface area contributed by atoms with Gasteiger partial charge in [-0.3, -0.25) is 4.79 Å². The highest BCUT2D eigenvalue weighted by atomic mass is 32.2. The van der Waals surface area contributed by atoms with Gasteiger partial charge in [-0.15, -0.1) is 11.3 Å². The van der Waals surface area contributed by atoms with E-state index in [-0.39, 0.29) is 22.7 Å². The minimum Gasteiger partial charge on any atom is -0.336 e. The largest absolute Gasteiger partial charge is 0.336 e. The first-order valence-electron chi connectivity index (χ1n) is 9.19. The minimum absolute atomic E-state index is 0.0725. The number of carbonyl (C=O) groups is 1. The number of hydrogen-bond donors (Lipinski definition) is 0. The molecule has 0 saturated carbocycles. The van der Waals surface area contributed by atoms with Gasteiger partial charge in [-0.25, -0.2) is 18.4 Å². The molecule has 1 aliphatic rings. The fourth-order valence-electron chi connectivity index (χ4n) is 3.39. The summed E-state index contributed by atoms with van der Waals surface area (Å²) < 4.78 is 28.1. The molecule has 4 rings (SSSR count). The Hall–Kier alpha value is -2.62. The number of carbonyl (C=O) groups excluding carboxylic acids is 1.